The van der Waals surface area contributed by atoms with Crippen molar-refractivity contribution in [1.29, 1.82) is 0 Å². The number of aliphatic hydroxyl groups excluding tert-OH is 1. The molecule has 0 bridgehead atoms. The number of carbonyl (C=O) groups excluding carboxylic acids is 1. The molecule has 2 rings (SSSR count). The Morgan fingerprint density at radius 1 is 1.40 bits per heavy atom. The van der Waals surface area contributed by atoms with Crippen molar-refractivity contribution in [3.8, 4) is 0 Å². The molecule has 1 N–H and O–H groups in total. The minimum atomic E-state index is 0.0545. The first kappa shape index (κ1) is 10.9. The van der Waals surface area contributed by atoms with E-state index < -0.39 is 0 Å². The van der Waals surface area contributed by atoms with Gasteiger partial charge in [0.05, 0.1) is 25.2 Å². The lowest BCUT2D eigenvalue weighted by atomic mass is 10.1. The molecule has 2 saturated heterocycles. The summed E-state index contributed by atoms with van der Waals surface area (Å²) < 4.78 is 5.44. The normalized spacial score (nSPS) is 31.1. The second-order valence-corrected chi connectivity index (χ2v) is 4.40. The highest BCUT2D eigenvalue weighted by Crippen LogP contribution is 2.21. The maximum absolute atomic E-state index is 11.9. The van der Waals surface area contributed by atoms with Crippen LogP contribution < -0.4 is 0 Å². The highest BCUT2D eigenvalue weighted by atomic mass is 16.5. The second kappa shape index (κ2) is 4.94. The predicted octanol–water partition coefficient (Wildman–Crippen LogP) is 0.539. The van der Waals surface area contributed by atoms with Crippen molar-refractivity contribution in [3.05, 3.63) is 0 Å². The van der Waals surface area contributed by atoms with Gasteiger partial charge >= 0.3 is 0 Å². The van der Waals surface area contributed by atoms with Gasteiger partial charge in [-0.15, -0.1) is 0 Å². The van der Waals surface area contributed by atoms with Gasteiger partial charge in [-0.1, -0.05) is 0 Å². The van der Waals surface area contributed by atoms with Gasteiger partial charge in [-0.05, 0) is 25.7 Å². The number of rotatable bonds is 3. The summed E-state index contributed by atoms with van der Waals surface area (Å²) in [6.45, 7) is 1.69. The Balaban J connectivity index is 1.83. The molecule has 86 valence electrons. The van der Waals surface area contributed by atoms with Gasteiger partial charge in [0.1, 0.15) is 0 Å². The van der Waals surface area contributed by atoms with Crippen LogP contribution in [-0.4, -0.2) is 47.8 Å². The molecule has 1 unspecified atom stereocenters. The average molecular weight is 213 g/mol. The smallest absolute Gasteiger partial charge is 0.225 e. The first-order valence-corrected chi connectivity index (χ1v) is 5.83. The Labute approximate surface area is 90.2 Å². The van der Waals surface area contributed by atoms with Crippen molar-refractivity contribution in [2.75, 3.05) is 19.8 Å². The molecule has 2 heterocycles. The lowest BCUT2D eigenvalue weighted by Gasteiger charge is -2.24. The summed E-state index contributed by atoms with van der Waals surface area (Å²) in [6.07, 6.45) is 4.65. The molecule has 1 amide bonds. The summed E-state index contributed by atoms with van der Waals surface area (Å²) in [5, 5.41) is 9.12. The van der Waals surface area contributed by atoms with Crippen molar-refractivity contribution in [1.82, 2.24) is 4.90 Å². The minimum Gasteiger partial charge on any atom is -0.394 e. The first-order valence-electron chi connectivity index (χ1n) is 5.83. The van der Waals surface area contributed by atoms with E-state index in [4.69, 9.17) is 9.84 Å². The van der Waals surface area contributed by atoms with Crippen LogP contribution in [0.1, 0.15) is 32.1 Å². The number of carbonyl (C=O) groups is 1. The number of nitrogens with zero attached hydrogens (tertiary/aromatic N) is 1. The zero-order valence-corrected chi connectivity index (χ0v) is 9.02. The first-order chi connectivity index (χ1) is 7.31. The van der Waals surface area contributed by atoms with Crippen molar-refractivity contribution in [2.45, 2.75) is 44.2 Å². The predicted molar refractivity (Wildman–Crippen MR) is 55.4 cm³/mol. The average Bonchev–Trinajstić information content (AvgIpc) is 2.86. The van der Waals surface area contributed by atoms with E-state index in [-0.39, 0.29) is 24.7 Å². The van der Waals surface area contributed by atoms with Gasteiger partial charge in [0.15, 0.2) is 0 Å². The third kappa shape index (κ3) is 2.49. The van der Waals surface area contributed by atoms with Crippen LogP contribution >= 0.6 is 0 Å². The number of hydrogen-bond donors (Lipinski definition) is 1. The summed E-state index contributed by atoms with van der Waals surface area (Å²) in [7, 11) is 0. The topological polar surface area (TPSA) is 49.8 Å². The molecule has 4 nitrogen and oxygen atoms in total. The second-order valence-electron chi connectivity index (χ2n) is 4.40. The lowest BCUT2D eigenvalue weighted by Crippen LogP contribution is -2.39. The fraction of sp³-hybridized carbons (Fsp3) is 0.909. The van der Waals surface area contributed by atoms with E-state index in [9.17, 15) is 4.79 Å². The Morgan fingerprint density at radius 3 is 2.93 bits per heavy atom. The van der Waals surface area contributed by atoms with Gasteiger partial charge in [0, 0.05) is 13.2 Å². The standard InChI is InChI=1S/C11H19NO3/c13-8-9-3-1-5-12(9)11(14)7-10-4-2-6-15-10/h9-10,13H,1-8H2/t9-,10?/m0/s1. The molecule has 2 aliphatic heterocycles. The quantitative estimate of drug-likeness (QED) is 0.744. The molecular formula is C11H19NO3. The third-order valence-electron chi connectivity index (χ3n) is 3.33. The van der Waals surface area contributed by atoms with Crippen LogP contribution in [0.25, 0.3) is 0 Å². The highest BCUT2D eigenvalue weighted by Gasteiger charge is 2.30. The van der Waals surface area contributed by atoms with Crippen molar-refractivity contribution >= 4 is 5.91 Å². The molecule has 4 heteroatoms. The Kier molecular flexibility index (Phi) is 3.59. The Bertz CT molecular complexity index is 226. The van der Waals surface area contributed by atoms with Crippen LogP contribution in [0, 0.1) is 0 Å². The fourth-order valence-electron chi connectivity index (χ4n) is 2.47. The van der Waals surface area contributed by atoms with E-state index in [1.807, 2.05) is 4.90 Å². The maximum Gasteiger partial charge on any atom is 0.225 e. The Morgan fingerprint density at radius 2 is 2.27 bits per heavy atom. The molecule has 0 spiro atoms. The number of amides is 1. The maximum atomic E-state index is 11.9. The highest BCUT2D eigenvalue weighted by molar-refractivity contribution is 5.77. The molecule has 0 aromatic rings. The zero-order chi connectivity index (χ0) is 10.7. The summed E-state index contributed by atoms with van der Waals surface area (Å²) in [6, 6.07) is 0.0545. The Hall–Kier alpha value is -0.610. The zero-order valence-electron chi connectivity index (χ0n) is 9.02. The van der Waals surface area contributed by atoms with Gasteiger partial charge in [-0.25, -0.2) is 0 Å². The molecule has 0 saturated carbocycles. The summed E-state index contributed by atoms with van der Waals surface area (Å²) >= 11 is 0. The molecular weight excluding hydrogens is 194 g/mol. The van der Waals surface area contributed by atoms with Crippen LogP contribution in [0.2, 0.25) is 0 Å². The van der Waals surface area contributed by atoms with Gasteiger partial charge in [-0.3, -0.25) is 4.79 Å². The molecule has 2 atom stereocenters. The van der Waals surface area contributed by atoms with Crippen LogP contribution in [-0.2, 0) is 9.53 Å². The fourth-order valence-corrected chi connectivity index (χ4v) is 2.47. The van der Waals surface area contributed by atoms with E-state index in [1.165, 1.54) is 0 Å². The van der Waals surface area contributed by atoms with Crippen molar-refractivity contribution in [3.63, 3.8) is 0 Å². The van der Waals surface area contributed by atoms with Gasteiger partial charge < -0.3 is 14.7 Å². The summed E-state index contributed by atoms with van der Waals surface area (Å²) in [4.78, 5) is 13.7. The molecule has 0 aromatic carbocycles. The molecule has 0 aliphatic carbocycles. The largest absolute Gasteiger partial charge is 0.394 e. The number of hydrogen-bond acceptors (Lipinski definition) is 3. The lowest BCUT2D eigenvalue weighted by molar-refractivity contribution is -0.135. The van der Waals surface area contributed by atoms with E-state index in [1.54, 1.807) is 0 Å². The van der Waals surface area contributed by atoms with Crippen molar-refractivity contribution < 1.29 is 14.6 Å². The van der Waals surface area contributed by atoms with Crippen LogP contribution in [0.4, 0.5) is 0 Å². The molecule has 2 fully saturated rings. The summed E-state index contributed by atoms with van der Waals surface area (Å²) in [5.74, 6) is 0.151. The molecule has 0 aromatic heterocycles. The molecule has 2 aliphatic rings. The minimum absolute atomic E-state index is 0.0545. The van der Waals surface area contributed by atoms with E-state index in [0.717, 1.165) is 38.8 Å². The van der Waals surface area contributed by atoms with Crippen molar-refractivity contribution in [2.24, 2.45) is 0 Å². The van der Waals surface area contributed by atoms with E-state index >= 15 is 0 Å². The summed E-state index contributed by atoms with van der Waals surface area (Å²) in [5.41, 5.74) is 0. The SMILES string of the molecule is O=C(CC1CCCO1)N1CCC[C@H]1CO. The number of aliphatic hydroxyl groups is 1. The third-order valence-corrected chi connectivity index (χ3v) is 3.33. The van der Waals surface area contributed by atoms with Crippen LogP contribution in [0.5, 0.6) is 0 Å². The molecule has 0 radical (unpaired) electrons. The van der Waals surface area contributed by atoms with Crippen LogP contribution in [0.15, 0.2) is 0 Å². The number of likely N-dealkylation sites (tertiary alicyclic amines) is 1. The number of ether oxygens (including phenoxy) is 1. The molecule has 15 heavy (non-hydrogen) atoms. The van der Waals surface area contributed by atoms with E-state index in [0.29, 0.717) is 6.42 Å². The van der Waals surface area contributed by atoms with Gasteiger partial charge in [-0.2, -0.15) is 0 Å². The van der Waals surface area contributed by atoms with E-state index in [2.05, 4.69) is 0 Å². The van der Waals surface area contributed by atoms with Gasteiger partial charge in [0.25, 0.3) is 0 Å². The monoisotopic (exact) mass is 213 g/mol. The van der Waals surface area contributed by atoms with Crippen LogP contribution in [0.3, 0.4) is 0 Å². The van der Waals surface area contributed by atoms with Gasteiger partial charge in [0.2, 0.25) is 5.91 Å².